The van der Waals surface area contributed by atoms with Crippen molar-refractivity contribution in [1.29, 1.82) is 0 Å². The Bertz CT molecular complexity index is 1150. The SMILES string of the molecule is CC/C=C\SC(C)C1=C=C=C(c2ccc(C3=C=C=C(c4ccc(P)s4)S3)s2)S1. The molecule has 4 heterocycles. The lowest BCUT2D eigenvalue weighted by atomic mass is 10.4. The molecule has 140 valence electrons. The molecule has 0 amide bonds. The summed E-state index contributed by atoms with van der Waals surface area (Å²) >= 11 is 8.96. The van der Waals surface area contributed by atoms with Gasteiger partial charge in [-0.15, -0.1) is 34.4 Å². The summed E-state index contributed by atoms with van der Waals surface area (Å²) in [6, 6.07) is 8.65. The summed E-state index contributed by atoms with van der Waals surface area (Å²) in [5.41, 5.74) is 13.3. The molecule has 2 aromatic rings. The predicted octanol–water partition coefficient (Wildman–Crippen LogP) is 7.96. The van der Waals surface area contributed by atoms with Gasteiger partial charge in [0, 0.05) is 9.87 Å². The molecule has 6 heteroatoms. The maximum atomic E-state index is 3.34. The average molecular weight is 473 g/mol. The minimum Gasteiger partial charge on any atom is -0.135 e. The van der Waals surface area contributed by atoms with Gasteiger partial charge < -0.3 is 0 Å². The number of hydrogen-bond acceptors (Lipinski definition) is 5. The van der Waals surface area contributed by atoms with Crippen molar-refractivity contribution in [3.8, 4) is 0 Å². The molecule has 0 spiro atoms. The molecule has 2 aromatic heterocycles. The zero-order valence-corrected chi connectivity index (χ0v) is 20.6. The number of hydrogen-bond donors (Lipinski definition) is 0. The lowest BCUT2D eigenvalue weighted by Gasteiger charge is -2.08. The summed E-state index contributed by atoms with van der Waals surface area (Å²) < 4.78 is 1.25. The van der Waals surface area contributed by atoms with Crippen LogP contribution in [-0.2, 0) is 0 Å². The second-order valence-electron chi connectivity index (χ2n) is 5.98. The van der Waals surface area contributed by atoms with Crippen molar-refractivity contribution in [2.45, 2.75) is 25.5 Å². The van der Waals surface area contributed by atoms with E-state index < -0.39 is 0 Å². The van der Waals surface area contributed by atoms with Crippen LogP contribution in [0.3, 0.4) is 0 Å². The second kappa shape index (κ2) is 9.36. The molecule has 2 unspecified atom stereocenters. The van der Waals surface area contributed by atoms with Gasteiger partial charge in [-0.05, 0) is 43.0 Å². The molecule has 0 radical (unpaired) electrons. The Morgan fingerprint density at radius 1 is 0.929 bits per heavy atom. The molecule has 0 bridgehead atoms. The zero-order chi connectivity index (χ0) is 19.5. The van der Waals surface area contributed by atoms with Crippen molar-refractivity contribution in [2.24, 2.45) is 0 Å². The summed E-state index contributed by atoms with van der Waals surface area (Å²) in [7, 11) is 2.76. The highest BCUT2D eigenvalue weighted by Crippen LogP contribution is 2.47. The Balaban J connectivity index is 1.48. The van der Waals surface area contributed by atoms with Crippen molar-refractivity contribution in [2.75, 3.05) is 0 Å². The van der Waals surface area contributed by atoms with E-state index in [2.05, 4.69) is 81.8 Å². The fourth-order valence-electron chi connectivity index (χ4n) is 2.45. The lowest BCUT2D eigenvalue weighted by molar-refractivity contribution is 1.22. The average Bonchev–Trinajstić information content (AvgIpc) is 3.45. The smallest absolute Gasteiger partial charge is 0.0804 e. The van der Waals surface area contributed by atoms with Gasteiger partial charge in [-0.2, -0.15) is 0 Å². The van der Waals surface area contributed by atoms with E-state index in [-0.39, 0.29) is 0 Å². The van der Waals surface area contributed by atoms with E-state index in [1.807, 2.05) is 11.8 Å². The third-order valence-electron chi connectivity index (χ3n) is 3.89. The van der Waals surface area contributed by atoms with Crippen LogP contribution in [0.25, 0.3) is 14.7 Å². The Labute approximate surface area is 189 Å². The largest absolute Gasteiger partial charge is 0.135 e. The number of allylic oxidation sites excluding steroid dienone is 1. The summed E-state index contributed by atoms with van der Waals surface area (Å²) in [6.07, 6.45) is 3.28. The van der Waals surface area contributed by atoms with E-state index in [0.29, 0.717) is 5.25 Å². The van der Waals surface area contributed by atoms with Crippen molar-refractivity contribution in [3.05, 3.63) is 78.2 Å². The summed E-state index contributed by atoms with van der Waals surface area (Å²) in [4.78, 5) is 8.47. The summed E-state index contributed by atoms with van der Waals surface area (Å²) in [5.74, 6) is 0. The van der Waals surface area contributed by atoms with Crippen LogP contribution in [0.15, 0.2) is 63.6 Å². The van der Waals surface area contributed by atoms with Crippen molar-refractivity contribution in [1.82, 2.24) is 0 Å². The van der Waals surface area contributed by atoms with Crippen molar-refractivity contribution >= 4 is 86.5 Å². The van der Waals surface area contributed by atoms with Gasteiger partial charge in [0.05, 0.1) is 34.3 Å². The topological polar surface area (TPSA) is 0 Å². The molecule has 0 saturated heterocycles. The highest BCUT2D eigenvalue weighted by Gasteiger charge is 2.19. The van der Waals surface area contributed by atoms with Crippen LogP contribution in [0.5, 0.6) is 0 Å². The first-order valence-corrected chi connectivity index (χ1v) is 13.6. The first kappa shape index (κ1) is 20.5. The van der Waals surface area contributed by atoms with E-state index >= 15 is 0 Å². The minimum absolute atomic E-state index is 0.410. The first-order chi connectivity index (χ1) is 13.6. The molecule has 0 fully saturated rings. The molecular formula is C22H17PS5. The Hall–Kier alpha value is -0.780. The van der Waals surface area contributed by atoms with Gasteiger partial charge >= 0.3 is 0 Å². The Morgan fingerprint density at radius 3 is 2.18 bits per heavy atom. The van der Waals surface area contributed by atoms with Crippen LogP contribution >= 0.6 is 67.2 Å². The van der Waals surface area contributed by atoms with E-state index in [0.717, 1.165) is 16.2 Å². The van der Waals surface area contributed by atoms with Crippen molar-refractivity contribution < 1.29 is 0 Å². The molecular weight excluding hydrogens is 456 g/mol. The monoisotopic (exact) mass is 472 g/mol. The number of thiophene rings is 2. The molecule has 0 aliphatic carbocycles. The van der Waals surface area contributed by atoms with Crippen LogP contribution in [0.4, 0.5) is 0 Å². The van der Waals surface area contributed by atoms with Crippen LogP contribution in [0.2, 0.25) is 0 Å². The normalized spacial score (nSPS) is 16.5. The maximum Gasteiger partial charge on any atom is 0.0804 e. The Kier molecular flexibility index (Phi) is 6.85. The molecule has 4 rings (SSSR count). The van der Waals surface area contributed by atoms with Gasteiger partial charge in [-0.25, -0.2) is 0 Å². The molecule has 2 aliphatic heterocycles. The van der Waals surface area contributed by atoms with E-state index in [1.54, 1.807) is 46.2 Å². The summed E-state index contributed by atoms with van der Waals surface area (Å²) in [6.45, 7) is 4.39. The van der Waals surface area contributed by atoms with Crippen LogP contribution < -0.4 is 4.62 Å². The van der Waals surface area contributed by atoms with Gasteiger partial charge in [0.25, 0.3) is 0 Å². The third-order valence-corrected chi connectivity index (χ3v) is 10.3. The Morgan fingerprint density at radius 2 is 1.54 bits per heavy atom. The van der Waals surface area contributed by atoms with Gasteiger partial charge in [0.15, 0.2) is 0 Å². The molecule has 0 nitrogen and oxygen atoms in total. The van der Waals surface area contributed by atoms with Gasteiger partial charge in [0.2, 0.25) is 0 Å². The maximum absolute atomic E-state index is 3.34. The molecule has 2 aliphatic rings. The molecule has 0 aromatic carbocycles. The van der Waals surface area contributed by atoms with E-state index in [1.165, 1.54) is 29.1 Å². The third kappa shape index (κ3) is 4.68. The molecule has 0 saturated carbocycles. The van der Waals surface area contributed by atoms with Gasteiger partial charge in [-0.1, -0.05) is 68.7 Å². The predicted molar refractivity (Wildman–Crippen MR) is 137 cm³/mol. The van der Waals surface area contributed by atoms with Gasteiger partial charge in [0.1, 0.15) is 0 Å². The minimum atomic E-state index is 0.410. The lowest BCUT2D eigenvalue weighted by Crippen LogP contribution is -1.93. The van der Waals surface area contributed by atoms with Crippen LogP contribution in [0.1, 0.15) is 34.9 Å². The highest BCUT2D eigenvalue weighted by molar-refractivity contribution is 8.17. The standard InChI is InChI=1S/C22H17PS5/c1-3-4-13-24-14(2)15-5-6-16(25-15)17-7-8-18(26-17)19-9-10-20(27-19)21-11-12-22(23)28-21/h4,7-8,11-14H,3,23H2,1-2H3/b13-4-. The van der Waals surface area contributed by atoms with Crippen molar-refractivity contribution in [3.63, 3.8) is 0 Å². The molecule has 0 N–H and O–H groups in total. The fourth-order valence-corrected chi connectivity index (χ4v) is 7.68. The quantitative estimate of drug-likeness (QED) is 0.296. The van der Waals surface area contributed by atoms with E-state index in [9.17, 15) is 0 Å². The van der Waals surface area contributed by atoms with Crippen LogP contribution in [0, 0.1) is 0 Å². The van der Waals surface area contributed by atoms with E-state index in [4.69, 9.17) is 0 Å². The number of thioether (sulfide) groups is 3. The summed E-state index contributed by atoms with van der Waals surface area (Å²) in [5, 5.41) is 2.60. The second-order valence-corrected chi connectivity index (χ2v) is 12.5. The highest BCUT2D eigenvalue weighted by atomic mass is 32.2. The molecule has 2 atom stereocenters. The van der Waals surface area contributed by atoms with Gasteiger partial charge in [-0.3, -0.25) is 0 Å². The fraction of sp³-hybridized carbons (Fsp3) is 0.182. The molecule has 28 heavy (non-hydrogen) atoms. The number of rotatable bonds is 7. The first-order valence-electron chi connectivity index (χ1n) is 8.78. The zero-order valence-electron chi connectivity index (χ0n) is 15.4. The van der Waals surface area contributed by atoms with Crippen LogP contribution in [-0.4, -0.2) is 5.25 Å².